The Balaban J connectivity index is 2.40. The number of alkyl halides is 1. The lowest BCUT2D eigenvalue weighted by molar-refractivity contribution is 0.0697. The van der Waals surface area contributed by atoms with Gasteiger partial charge >= 0.3 is 5.97 Å². The minimum absolute atomic E-state index is 0.220. The first-order valence-electron chi connectivity index (χ1n) is 7.88. The summed E-state index contributed by atoms with van der Waals surface area (Å²) in [4.78, 5) is 11.9. The van der Waals surface area contributed by atoms with E-state index in [1.165, 1.54) is 0 Å². The van der Waals surface area contributed by atoms with Gasteiger partial charge in [0.15, 0.2) is 4.67 Å². The largest absolute Gasteiger partial charge is 0.478 e. The van der Waals surface area contributed by atoms with Gasteiger partial charge in [0.05, 0.1) is 5.56 Å². The van der Waals surface area contributed by atoms with Crippen LogP contribution in [0.15, 0.2) is 45.5 Å². The maximum Gasteiger partial charge on any atom is 0.336 e. The second kappa shape index (κ2) is 6.61. The summed E-state index contributed by atoms with van der Waals surface area (Å²) in [5, 5.41) is 12.3. The van der Waals surface area contributed by atoms with Crippen molar-refractivity contribution in [2.75, 3.05) is 0 Å². The van der Waals surface area contributed by atoms with E-state index in [0.717, 1.165) is 27.2 Å². The van der Waals surface area contributed by atoms with Crippen LogP contribution in [0.2, 0.25) is 0 Å². The third kappa shape index (κ3) is 3.27. The zero-order valence-electron chi connectivity index (χ0n) is 14.2. The molecule has 1 heterocycles. The third-order valence-electron chi connectivity index (χ3n) is 4.22. The average molecular weight is 466 g/mol. The Morgan fingerprint density at radius 1 is 1.16 bits per heavy atom. The second-order valence-corrected chi connectivity index (χ2v) is 8.28. The van der Waals surface area contributed by atoms with Gasteiger partial charge in [0.2, 0.25) is 0 Å². The van der Waals surface area contributed by atoms with Gasteiger partial charge in [-0.1, -0.05) is 61.0 Å². The zero-order chi connectivity index (χ0) is 18.4. The SMILES string of the molecule is CC(C)(C)c1cccc(C(=O)O)c1-c1oc(Br)c2cc(CBr)ccc12. The maximum absolute atomic E-state index is 11.9. The van der Waals surface area contributed by atoms with Crippen molar-refractivity contribution in [1.82, 2.24) is 0 Å². The van der Waals surface area contributed by atoms with Gasteiger partial charge in [-0.25, -0.2) is 4.79 Å². The van der Waals surface area contributed by atoms with Crippen LogP contribution in [0.4, 0.5) is 0 Å². The highest BCUT2D eigenvalue weighted by atomic mass is 79.9. The Morgan fingerprint density at radius 3 is 2.48 bits per heavy atom. The smallest absolute Gasteiger partial charge is 0.336 e. The second-order valence-electron chi connectivity index (χ2n) is 7.00. The quantitative estimate of drug-likeness (QED) is 0.435. The number of hydrogen-bond donors (Lipinski definition) is 1. The summed E-state index contributed by atoms with van der Waals surface area (Å²) in [5.41, 5.74) is 2.75. The van der Waals surface area contributed by atoms with Gasteiger partial charge in [0.1, 0.15) is 5.76 Å². The molecule has 0 unspecified atom stereocenters. The van der Waals surface area contributed by atoms with Crippen LogP contribution in [-0.4, -0.2) is 11.1 Å². The third-order valence-corrected chi connectivity index (χ3v) is 5.45. The van der Waals surface area contributed by atoms with E-state index in [1.54, 1.807) is 12.1 Å². The van der Waals surface area contributed by atoms with E-state index in [-0.39, 0.29) is 11.0 Å². The van der Waals surface area contributed by atoms with Crippen LogP contribution in [0.5, 0.6) is 0 Å². The van der Waals surface area contributed by atoms with Gasteiger partial charge in [0.25, 0.3) is 0 Å². The first-order chi connectivity index (χ1) is 11.7. The summed E-state index contributed by atoms with van der Waals surface area (Å²) >= 11 is 6.95. The predicted octanol–water partition coefficient (Wildman–Crippen LogP) is 6.75. The van der Waals surface area contributed by atoms with Crippen molar-refractivity contribution in [1.29, 1.82) is 0 Å². The molecule has 0 aliphatic heterocycles. The molecule has 3 rings (SSSR count). The Kier molecular flexibility index (Phi) is 4.82. The number of aromatic carboxylic acids is 1. The number of carbonyl (C=O) groups is 1. The highest BCUT2D eigenvalue weighted by Gasteiger charge is 2.27. The molecule has 3 aromatic rings. The lowest BCUT2D eigenvalue weighted by Crippen LogP contribution is -2.15. The van der Waals surface area contributed by atoms with Crippen molar-refractivity contribution in [3.8, 4) is 11.3 Å². The molecule has 2 aromatic carbocycles. The van der Waals surface area contributed by atoms with Gasteiger partial charge in [-0.05, 0) is 44.6 Å². The fourth-order valence-corrected chi connectivity index (χ4v) is 3.86. The molecule has 0 saturated heterocycles. The number of halogens is 2. The normalized spacial score (nSPS) is 11.9. The number of rotatable bonds is 3. The molecule has 0 aliphatic rings. The molecule has 0 bridgehead atoms. The highest BCUT2D eigenvalue weighted by Crippen LogP contribution is 2.43. The maximum atomic E-state index is 11.9. The average Bonchev–Trinajstić information content (AvgIpc) is 2.89. The summed E-state index contributed by atoms with van der Waals surface area (Å²) in [6.07, 6.45) is 0. The predicted molar refractivity (Wildman–Crippen MR) is 108 cm³/mol. The number of carboxylic acids is 1. The van der Waals surface area contributed by atoms with E-state index < -0.39 is 5.97 Å². The number of carboxylic acid groups (broad SMARTS) is 1. The molecule has 3 nitrogen and oxygen atoms in total. The van der Waals surface area contributed by atoms with Crippen molar-refractivity contribution in [3.05, 3.63) is 57.8 Å². The van der Waals surface area contributed by atoms with E-state index >= 15 is 0 Å². The van der Waals surface area contributed by atoms with E-state index in [9.17, 15) is 9.90 Å². The molecule has 25 heavy (non-hydrogen) atoms. The van der Waals surface area contributed by atoms with E-state index in [4.69, 9.17) is 4.42 Å². The van der Waals surface area contributed by atoms with Crippen molar-refractivity contribution in [2.24, 2.45) is 0 Å². The topological polar surface area (TPSA) is 50.4 Å². The molecule has 1 aromatic heterocycles. The minimum atomic E-state index is -0.959. The summed E-state index contributed by atoms with van der Waals surface area (Å²) in [7, 11) is 0. The van der Waals surface area contributed by atoms with Crippen molar-refractivity contribution in [3.63, 3.8) is 0 Å². The summed E-state index contributed by atoms with van der Waals surface area (Å²) in [6, 6.07) is 11.4. The number of fused-ring (bicyclic) bond motifs is 1. The van der Waals surface area contributed by atoms with Crippen molar-refractivity contribution in [2.45, 2.75) is 31.5 Å². The fourth-order valence-electron chi connectivity index (χ4n) is 3.02. The lowest BCUT2D eigenvalue weighted by Gasteiger charge is -2.23. The molecule has 0 amide bonds. The van der Waals surface area contributed by atoms with Crippen LogP contribution in [0.3, 0.4) is 0 Å². The van der Waals surface area contributed by atoms with E-state index in [0.29, 0.717) is 16.0 Å². The summed E-state index contributed by atoms with van der Waals surface area (Å²) in [6.45, 7) is 6.21. The van der Waals surface area contributed by atoms with Gasteiger partial charge in [0, 0.05) is 21.7 Å². The molecular weight excluding hydrogens is 448 g/mol. The van der Waals surface area contributed by atoms with Gasteiger partial charge < -0.3 is 9.52 Å². The molecule has 130 valence electrons. The molecule has 0 radical (unpaired) electrons. The standard InChI is InChI=1S/C20H18Br2O3/c1-20(2,3)15-6-4-5-13(19(23)24)16(15)17-12-8-7-11(10-21)9-14(12)18(22)25-17/h4-9H,10H2,1-3H3,(H,23,24). The monoisotopic (exact) mass is 464 g/mol. The number of furan rings is 1. The molecule has 0 aliphatic carbocycles. The first-order valence-corrected chi connectivity index (χ1v) is 9.79. The molecular formula is C20H18Br2O3. The van der Waals surface area contributed by atoms with Crippen LogP contribution in [0, 0.1) is 0 Å². The van der Waals surface area contributed by atoms with Gasteiger partial charge in [-0.3, -0.25) is 0 Å². The van der Waals surface area contributed by atoms with Crippen molar-refractivity contribution < 1.29 is 14.3 Å². The molecule has 1 N–H and O–H groups in total. The van der Waals surface area contributed by atoms with Gasteiger partial charge in [-0.15, -0.1) is 0 Å². The summed E-state index contributed by atoms with van der Waals surface area (Å²) < 4.78 is 6.63. The number of benzene rings is 2. The Hall–Kier alpha value is -1.59. The first kappa shape index (κ1) is 18.2. The van der Waals surface area contributed by atoms with Gasteiger partial charge in [-0.2, -0.15) is 0 Å². The number of hydrogen-bond acceptors (Lipinski definition) is 2. The molecule has 5 heteroatoms. The molecule has 0 fully saturated rings. The zero-order valence-corrected chi connectivity index (χ0v) is 17.4. The fraction of sp³-hybridized carbons (Fsp3) is 0.250. The van der Waals surface area contributed by atoms with Crippen LogP contribution in [-0.2, 0) is 10.7 Å². The van der Waals surface area contributed by atoms with Crippen LogP contribution < -0.4 is 0 Å². The lowest BCUT2D eigenvalue weighted by atomic mass is 9.81. The Morgan fingerprint density at radius 2 is 1.88 bits per heavy atom. The van der Waals surface area contributed by atoms with E-state index in [1.807, 2.05) is 24.3 Å². The van der Waals surface area contributed by atoms with Crippen LogP contribution in [0.25, 0.3) is 22.1 Å². The Bertz CT molecular complexity index is 965. The minimum Gasteiger partial charge on any atom is -0.478 e. The summed E-state index contributed by atoms with van der Waals surface area (Å²) in [5.74, 6) is -0.371. The molecule has 0 saturated carbocycles. The van der Waals surface area contributed by atoms with E-state index in [2.05, 4.69) is 52.6 Å². The Labute approximate surface area is 163 Å². The van der Waals surface area contributed by atoms with Crippen LogP contribution >= 0.6 is 31.9 Å². The van der Waals surface area contributed by atoms with Crippen LogP contribution in [0.1, 0.15) is 42.3 Å². The van der Waals surface area contributed by atoms with Crippen molar-refractivity contribution >= 4 is 48.6 Å². The highest BCUT2D eigenvalue weighted by molar-refractivity contribution is 9.10. The molecule has 0 spiro atoms. The molecule has 0 atom stereocenters.